The molecule has 0 atom stereocenters. The van der Waals surface area contributed by atoms with Crippen LogP contribution in [-0.2, 0) is 4.79 Å². The second-order valence-electron chi connectivity index (χ2n) is 8.09. The van der Waals surface area contributed by atoms with E-state index in [1.165, 1.54) is 70.6 Å². The molecule has 0 bridgehead atoms. The third kappa shape index (κ3) is 18.0. The molecule has 0 saturated heterocycles. The van der Waals surface area contributed by atoms with Crippen molar-refractivity contribution in [3.8, 4) is 0 Å². The van der Waals surface area contributed by atoms with Crippen LogP contribution in [0.15, 0.2) is 9.98 Å². The number of rotatable bonds is 13. The minimum atomic E-state index is -0.833. The minimum Gasteiger partial charge on any atom is -0.481 e. The van der Waals surface area contributed by atoms with Gasteiger partial charge < -0.3 is 15.7 Å². The van der Waals surface area contributed by atoms with Crippen LogP contribution in [0.1, 0.15) is 105 Å². The van der Waals surface area contributed by atoms with E-state index in [1.54, 1.807) is 0 Å². The van der Waals surface area contributed by atoms with Crippen molar-refractivity contribution >= 4 is 17.9 Å². The Morgan fingerprint density at radius 3 is 1.55 bits per heavy atom. The molecule has 0 spiro atoms. The van der Waals surface area contributed by atoms with Gasteiger partial charge in [0.1, 0.15) is 0 Å². The van der Waals surface area contributed by atoms with E-state index in [9.17, 15) is 0 Å². The second-order valence-corrected chi connectivity index (χ2v) is 8.09. The van der Waals surface area contributed by atoms with E-state index in [1.807, 2.05) is 13.8 Å². The zero-order valence-corrected chi connectivity index (χ0v) is 19.4. The molecule has 0 amide bonds. The Bertz CT molecular complexity index is 486. The van der Waals surface area contributed by atoms with Gasteiger partial charge in [-0.1, -0.05) is 71.6 Å². The van der Waals surface area contributed by atoms with Gasteiger partial charge in [-0.25, -0.2) is 9.98 Å². The number of guanidine groups is 2. The summed E-state index contributed by atoms with van der Waals surface area (Å²) in [6.07, 6.45) is 14.3. The van der Waals surface area contributed by atoms with E-state index in [2.05, 4.69) is 39.8 Å². The van der Waals surface area contributed by atoms with Gasteiger partial charge in [0, 0.05) is 20.0 Å². The zero-order valence-electron chi connectivity index (χ0n) is 19.4. The van der Waals surface area contributed by atoms with Crippen LogP contribution in [0.3, 0.4) is 0 Å². The molecule has 1 aliphatic rings. The van der Waals surface area contributed by atoms with Crippen molar-refractivity contribution in [2.24, 2.45) is 9.98 Å². The molecule has 1 rings (SSSR count). The van der Waals surface area contributed by atoms with Crippen molar-refractivity contribution in [1.29, 1.82) is 0 Å². The fourth-order valence-electron chi connectivity index (χ4n) is 2.96. The average molecular weight is 412 g/mol. The molecule has 0 unspecified atom stereocenters. The monoisotopic (exact) mass is 411 g/mol. The van der Waals surface area contributed by atoms with Crippen molar-refractivity contribution in [1.82, 2.24) is 16.0 Å². The molecule has 7 nitrogen and oxygen atoms in total. The van der Waals surface area contributed by atoms with Gasteiger partial charge in [-0.2, -0.15) is 0 Å². The molecule has 0 aromatic heterocycles. The highest BCUT2D eigenvalue weighted by atomic mass is 16.4. The van der Waals surface area contributed by atoms with Crippen LogP contribution < -0.4 is 16.0 Å². The largest absolute Gasteiger partial charge is 0.481 e. The molecule has 0 saturated carbocycles. The van der Waals surface area contributed by atoms with Crippen LogP contribution in [0.2, 0.25) is 0 Å². The number of carboxylic acids is 1. The van der Waals surface area contributed by atoms with Gasteiger partial charge in [0.25, 0.3) is 5.97 Å². The van der Waals surface area contributed by atoms with Crippen molar-refractivity contribution in [2.75, 3.05) is 13.1 Å². The number of hydrogen-bond donors (Lipinski definition) is 4. The van der Waals surface area contributed by atoms with Crippen LogP contribution in [-0.4, -0.2) is 41.7 Å². The summed E-state index contributed by atoms with van der Waals surface area (Å²) in [6.45, 7) is 11.6. The number of unbranched alkanes of at least 4 members (excludes halogenated alkanes) is 9. The predicted octanol–water partition coefficient (Wildman–Crippen LogP) is 4.64. The van der Waals surface area contributed by atoms with E-state index in [0.29, 0.717) is 0 Å². The van der Waals surface area contributed by atoms with Crippen molar-refractivity contribution in [2.45, 2.75) is 111 Å². The first-order valence-electron chi connectivity index (χ1n) is 11.4. The standard InChI is InChI=1S/C20H41N5.C2H4O2/c1-5-7-9-11-13-15-17-22-19-23-18(24-20(3,4)25-19)21-16-14-12-10-8-6-2;1-2(3)4/h5-17H2,1-4H3,(H3,21,22,23,24,25);1H3,(H,3,4). The van der Waals surface area contributed by atoms with Gasteiger partial charge in [-0.05, 0) is 26.7 Å². The predicted molar refractivity (Wildman–Crippen MR) is 124 cm³/mol. The fraction of sp³-hybridized carbons (Fsp3) is 0.864. The van der Waals surface area contributed by atoms with Gasteiger partial charge in [-0.15, -0.1) is 0 Å². The number of nitrogens with one attached hydrogen (secondary N) is 3. The lowest BCUT2D eigenvalue weighted by Crippen LogP contribution is -2.52. The highest BCUT2D eigenvalue weighted by Crippen LogP contribution is 2.13. The fourth-order valence-corrected chi connectivity index (χ4v) is 2.96. The average Bonchev–Trinajstić information content (AvgIpc) is 2.62. The summed E-state index contributed by atoms with van der Waals surface area (Å²) in [5.41, 5.74) is -0.404. The molecule has 1 heterocycles. The Balaban J connectivity index is 0.00000178. The van der Waals surface area contributed by atoms with E-state index in [4.69, 9.17) is 9.90 Å². The number of nitrogens with zero attached hydrogens (tertiary/aromatic N) is 2. The molecule has 7 heteroatoms. The van der Waals surface area contributed by atoms with Gasteiger partial charge >= 0.3 is 0 Å². The zero-order chi connectivity index (χ0) is 22.0. The normalized spacial score (nSPS) is 14.7. The Hall–Kier alpha value is -1.79. The first kappa shape index (κ1) is 27.2. The summed E-state index contributed by atoms with van der Waals surface area (Å²) >= 11 is 0. The van der Waals surface area contributed by atoms with Crippen LogP contribution in [0, 0.1) is 0 Å². The maximum absolute atomic E-state index is 9.00. The Labute approximate surface area is 178 Å². The summed E-state index contributed by atoms with van der Waals surface area (Å²) in [5, 5.41) is 17.6. The highest BCUT2D eigenvalue weighted by molar-refractivity contribution is 6.00. The molecule has 0 aliphatic carbocycles. The topological polar surface area (TPSA) is 98.1 Å². The molecule has 0 aromatic carbocycles. The maximum Gasteiger partial charge on any atom is 0.300 e. The van der Waals surface area contributed by atoms with E-state index in [-0.39, 0.29) is 0 Å². The van der Waals surface area contributed by atoms with Crippen LogP contribution >= 0.6 is 0 Å². The third-order valence-electron chi connectivity index (χ3n) is 4.40. The second kappa shape index (κ2) is 17.1. The van der Waals surface area contributed by atoms with Crippen molar-refractivity contribution in [3.05, 3.63) is 0 Å². The molecule has 4 N–H and O–H groups in total. The summed E-state index contributed by atoms with van der Waals surface area (Å²) < 4.78 is 0. The van der Waals surface area contributed by atoms with Crippen molar-refractivity contribution < 1.29 is 9.90 Å². The lowest BCUT2D eigenvalue weighted by atomic mass is 10.1. The van der Waals surface area contributed by atoms with Crippen molar-refractivity contribution in [3.63, 3.8) is 0 Å². The first-order chi connectivity index (χ1) is 13.8. The molecule has 29 heavy (non-hydrogen) atoms. The number of carboxylic acid groups (broad SMARTS) is 1. The van der Waals surface area contributed by atoms with Gasteiger partial charge in [-0.3, -0.25) is 10.1 Å². The quantitative estimate of drug-likeness (QED) is 0.331. The number of aliphatic carboxylic acids is 1. The lowest BCUT2D eigenvalue weighted by molar-refractivity contribution is -0.134. The summed E-state index contributed by atoms with van der Waals surface area (Å²) in [5.74, 6) is 0.864. The summed E-state index contributed by atoms with van der Waals surface area (Å²) in [4.78, 5) is 18.3. The Morgan fingerprint density at radius 2 is 1.17 bits per heavy atom. The maximum atomic E-state index is 9.00. The molecule has 1 aliphatic heterocycles. The SMILES string of the molecule is CC(=O)O.CCCCCCCCNC1=NC(C)(C)N=C(NCCCCCCC)N1. The molecule has 0 fully saturated rings. The number of carbonyl (C=O) groups is 1. The van der Waals surface area contributed by atoms with E-state index in [0.717, 1.165) is 31.9 Å². The number of hydrogen-bond acceptors (Lipinski definition) is 6. The lowest BCUT2D eigenvalue weighted by Gasteiger charge is -2.26. The molecule has 0 radical (unpaired) electrons. The van der Waals surface area contributed by atoms with E-state index >= 15 is 0 Å². The van der Waals surface area contributed by atoms with Gasteiger partial charge in [0.2, 0.25) is 11.9 Å². The van der Waals surface area contributed by atoms with Crippen LogP contribution in [0.4, 0.5) is 0 Å². The third-order valence-corrected chi connectivity index (χ3v) is 4.40. The smallest absolute Gasteiger partial charge is 0.300 e. The van der Waals surface area contributed by atoms with Gasteiger partial charge in [0.05, 0.1) is 0 Å². The Kier molecular flexibility index (Phi) is 16.0. The molecule has 0 aromatic rings. The molecular formula is C22H45N5O2. The summed E-state index contributed by atoms with van der Waals surface area (Å²) in [7, 11) is 0. The molecular weight excluding hydrogens is 366 g/mol. The molecule has 170 valence electrons. The van der Waals surface area contributed by atoms with Crippen LogP contribution in [0.25, 0.3) is 0 Å². The highest BCUT2D eigenvalue weighted by Gasteiger charge is 2.22. The Morgan fingerprint density at radius 1 is 0.828 bits per heavy atom. The van der Waals surface area contributed by atoms with E-state index < -0.39 is 11.6 Å². The first-order valence-corrected chi connectivity index (χ1v) is 11.4. The minimum absolute atomic E-state index is 0.404. The van der Waals surface area contributed by atoms with Crippen LogP contribution in [0.5, 0.6) is 0 Å². The number of aliphatic imine (C=N–C) groups is 2. The van der Waals surface area contributed by atoms with Gasteiger partial charge in [0.15, 0.2) is 5.66 Å². The summed E-state index contributed by atoms with van der Waals surface area (Å²) in [6, 6.07) is 0.